The molecular formula is C12H11BF2O2. The Balaban J connectivity index is 2.51. The standard InChI is InChI=1S/C12H11BF2O2/c14-11-8-4-7-10(12(11,15)13(16)17)9-5-2-1-3-6-9/h1-8,11,16-17H. The first-order valence-corrected chi connectivity index (χ1v) is 5.20. The van der Waals surface area contributed by atoms with E-state index < -0.39 is 18.9 Å². The monoisotopic (exact) mass is 236 g/mol. The Hall–Kier alpha value is -1.46. The lowest BCUT2D eigenvalue weighted by Crippen LogP contribution is -2.51. The van der Waals surface area contributed by atoms with Crippen LogP contribution < -0.4 is 0 Å². The lowest BCUT2D eigenvalue weighted by molar-refractivity contribution is 0.164. The van der Waals surface area contributed by atoms with Gasteiger partial charge in [-0.05, 0) is 17.2 Å². The fourth-order valence-corrected chi connectivity index (χ4v) is 1.88. The van der Waals surface area contributed by atoms with Crippen LogP contribution in [-0.4, -0.2) is 28.9 Å². The Morgan fingerprint density at radius 3 is 2.41 bits per heavy atom. The van der Waals surface area contributed by atoms with Crippen LogP contribution in [0.4, 0.5) is 8.78 Å². The third-order valence-corrected chi connectivity index (χ3v) is 2.82. The summed E-state index contributed by atoms with van der Waals surface area (Å²) in [6.45, 7) is 0. The smallest absolute Gasteiger partial charge is 0.425 e. The summed E-state index contributed by atoms with van der Waals surface area (Å²) >= 11 is 0. The Morgan fingerprint density at radius 2 is 1.82 bits per heavy atom. The molecule has 0 aromatic heterocycles. The molecule has 5 heteroatoms. The first-order chi connectivity index (χ1) is 8.06. The molecule has 2 N–H and O–H groups in total. The lowest BCUT2D eigenvalue weighted by Gasteiger charge is -2.31. The summed E-state index contributed by atoms with van der Waals surface area (Å²) < 4.78 is 28.0. The normalized spacial score (nSPS) is 27.8. The van der Waals surface area contributed by atoms with Crippen LogP contribution in [0, 0.1) is 0 Å². The minimum atomic E-state index is -2.82. The molecule has 0 radical (unpaired) electrons. The van der Waals surface area contributed by atoms with E-state index in [1.54, 1.807) is 30.3 Å². The molecule has 88 valence electrons. The average Bonchev–Trinajstić information content (AvgIpc) is 2.33. The minimum Gasteiger partial charge on any atom is -0.425 e. The van der Waals surface area contributed by atoms with Gasteiger partial charge in [-0.25, -0.2) is 8.78 Å². The molecular weight excluding hydrogens is 225 g/mol. The maximum absolute atomic E-state index is 14.4. The molecule has 1 aromatic rings. The predicted molar refractivity (Wildman–Crippen MR) is 62.5 cm³/mol. The molecule has 0 saturated heterocycles. The van der Waals surface area contributed by atoms with E-state index in [0.29, 0.717) is 5.56 Å². The highest BCUT2D eigenvalue weighted by molar-refractivity contribution is 6.49. The van der Waals surface area contributed by atoms with Crippen molar-refractivity contribution >= 4 is 12.7 Å². The molecule has 0 fully saturated rings. The van der Waals surface area contributed by atoms with Gasteiger partial charge in [-0.1, -0.05) is 42.5 Å². The van der Waals surface area contributed by atoms with Crippen LogP contribution in [0.1, 0.15) is 5.56 Å². The summed E-state index contributed by atoms with van der Waals surface area (Å²) in [5.41, 5.74) is -2.46. The van der Waals surface area contributed by atoms with E-state index in [2.05, 4.69) is 0 Å². The van der Waals surface area contributed by atoms with Gasteiger partial charge in [-0.15, -0.1) is 0 Å². The SMILES string of the molecule is OB(O)C1(F)C(c2ccccc2)=CC=CC1F. The van der Waals surface area contributed by atoms with Crippen molar-refractivity contribution < 1.29 is 18.8 Å². The number of benzene rings is 1. The van der Waals surface area contributed by atoms with Crippen molar-refractivity contribution in [3.05, 3.63) is 54.1 Å². The van der Waals surface area contributed by atoms with E-state index >= 15 is 0 Å². The molecule has 0 amide bonds. The van der Waals surface area contributed by atoms with Crippen molar-refractivity contribution in [1.82, 2.24) is 0 Å². The van der Waals surface area contributed by atoms with Crippen molar-refractivity contribution in [2.45, 2.75) is 11.7 Å². The Labute approximate surface area is 98.0 Å². The van der Waals surface area contributed by atoms with Gasteiger partial charge in [0.15, 0.2) is 6.17 Å². The van der Waals surface area contributed by atoms with E-state index in [1.165, 1.54) is 12.2 Å². The van der Waals surface area contributed by atoms with Gasteiger partial charge in [-0.2, -0.15) is 0 Å². The molecule has 2 nitrogen and oxygen atoms in total. The predicted octanol–water partition coefficient (Wildman–Crippen LogP) is 1.70. The average molecular weight is 236 g/mol. The summed E-state index contributed by atoms with van der Waals surface area (Å²) in [7, 11) is -2.41. The first-order valence-electron chi connectivity index (χ1n) is 5.20. The van der Waals surface area contributed by atoms with Crippen molar-refractivity contribution in [2.24, 2.45) is 0 Å². The maximum atomic E-state index is 14.4. The highest BCUT2D eigenvalue weighted by Gasteiger charge is 2.53. The maximum Gasteiger partial charge on any atom is 0.500 e. The third kappa shape index (κ3) is 1.92. The van der Waals surface area contributed by atoms with Gasteiger partial charge in [0.05, 0.1) is 0 Å². The van der Waals surface area contributed by atoms with E-state index in [-0.39, 0.29) is 5.57 Å². The molecule has 0 spiro atoms. The topological polar surface area (TPSA) is 40.5 Å². The first kappa shape index (κ1) is 12.0. The molecule has 2 unspecified atom stereocenters. The van der Waals surface area contributed by atoms with E-state index in [9.17, 15) is 8.78 Å². The fraction of sp³-hybridized carbons (Fsp3) is 0.167. The van der Waals surface area contributed by atoms with Gasteiger partial charge in [-0.3, -0.25) is 0 Å². The largest absolute Gasteiger partial charge is 0.500 e. The van der Waals surface area contributed by atoms with Crippen LogP contribution >= 0.6 is 0 Å². The third-order valence-electron chi connectivity index (χ3n) is 2.82. The van der Waals surface area contributed by atoms with Crippen molar-refractivity contribution in [2.75, 3.05) is 0 Å². The van der Waals surface area contributed by atoms with Crippen LogP contribution in [0.15, 0.2) is 48.6 Å². The Bertz CT molecular complexity index is 459. The summed E-state index contributed by atoms with van der Waals surface area (Å²) in [5.74, 6) is 0. The molecule has 17 heavy (non-hydrogen) atoms. The number of halogens is 2. The van der Waals surface area contributed by atoms with Crippen LogP contribution in [0.25, 0.3) is 5.57 Å². The second kappa shape index (κ2) is 4.43. The molecule has 1 aliphatic rings. The summed E-state index contributed by atoms with van der Waals surface area (Å²) in [5, 5.41) is 18.2. The van der Waals surface area contributed by atoms with Crippen LogP contribution in [-0.2, 0) is 0 Å². The molecule has 0 heterocycles. The molecule has 2 rings (SSSR count). The van der Waals surface area contributed by atoms with Gasteiger partial charge in [0.25, 0.3) is 0 Å². The van der Waals surface area contributed by atoms with Crippen LogP contribution in [0.2, 0.25) is 0 Å². The zero-order valence-corrected chi connectivity index (χ0v) is 8.92. The summed E-state index contributed by atoms with van der Waals surface area (Å²) in [4.78, 5) is 0. The molecule has 1 aliphatic carbocycles. The van der Waals surface area contributed by atoms with Gasteiger partial charge in [0.2, 0.25) is 5.57 Å². The fourth-order valence-electron chi connectivity index (χ4n) is 1.88. The quantitative estimate of drug-likeness (QED) is 0.767. The van der Waals surface area contributed by atoms with E-state index in [4.69, 9.17) is 10.0 Å². The van der Waals surface area contributed by atoms with Gasteiger partial charge in [0.1, 0.15) is 0 Å². The molecule has 0 saturated carbocycles. The number of alkyl halides is 2. The lowest BCUT2D eigenvalue weighted by atomic mass is 9.60. The van der Waals surface area contributed by atoms with Gasteiger partial charge < -0.3 is 10.0 Å². The van der Waals surface area contributed by atoms with E-state index in [1.807, 2.05) is 0 Å². The number of hydrogen-bond donors (Lipinski definition) is 2. The van der Waals surface area contributed by atoms with Crippen LogP contribution in [0.5, 0.6) is 0 Å². The van der Waals surface area contributed by atoms with Gasteiger partial charge in [0, 0.05) is 0 Å². The zero-order chi connectivity index (χ0) is 12.5. The number of allylic oxidation sites excluding steroid dienone is 4. The van der Waals surface area contributed by atoms with Crippen LogP contribution in [0.3, 0.4) is 0 Å². The number of rotatable bonds is 2. The van der Waals surface area contributed by atoms with Gasteiger partial charge >= 0.3 is 7.12 Å². The highest BCUT2D eigenvalue weighted by atomic mass is 19.2. The second-order valence-electron chi connectivity index (χ2n) is 3.87. The molecule has 2 atom stereocenters. The minimum absolute atomic E-state index is 0.0666. The number of hydrogen-bond acceptors (Lipinski definition) is 2. The summed E-state index contributed by atoms with van der Waals surface area (Å²) in [6, 6.07) is 8.27. The molecule has 0 aliphatic heterocycles. The van der Waals surface area contributed by atoms with E-state index in [0.717, 1.165) is 6.08 Å². The summed E-state index contributed by atoms with van der Waals surface area (Å²) in [6.07, 6.45) is 1.60. The Morgan fingerprint density at radius 1 is 1.18 bits per heavy atom. The molecule has 1 aromatic carbocycles. The zero-order valence-electron chi connectivity index (χ0n) is 8.92. The van der Waals surface area contributed by atoms with Crippen molar-refractivity contribution in [3.8, 4) is 0 Å². The van der Waals surface area contributed by atoms with Crippen molar-refractivity contribution in [3.63, 3.8) is 0 Å². The molecule has 0 bridgehead atoms. The second-order valence-corrected chi connectivity index (χ2v) is 3.87. The van der Waals surface area contributed by atoms with Crippen molar-refractivity contribution in [1.29, 1.82) is 0 Å². The highest BCUT2D eigenvalue weighted by Crippen LogP contribution is 2.39. The Kier molecular flexibility index (Phi) is 3.13.